The normalized spacial score (nSPS) is 34.2. The summed E-state index contributed by atoms with van der Waals surface area (Å²) < 4.78 is 4.87. The maximum Gasteiger partial charge on any atom is 0.311 e. The summed E-state index contributed by atoms with van der Waals surface area (Å²) in [5.41, 5.74) is 0. The average molecular weight is 187 g/mol. The Labute approximate surface area is 78.3 Å². The number of carbonyl (C=O) groups excluding carboxylic acids is 1. The second-order valence-electron chi connectivity index (χ2n) is 3.47. The molecule has 3 atom stereocenters. The van der Waals surface area contributed by atoms with Gasteiger partial charge in [-0.05, 0) is 20.3 Å². The molecule has 1 saturated heterocycles. The third-order valence-electron chi connectivity index (χ3n) is 2.34. The van der Waals surface area contributed by atoms with Gasteiger partial charge in [-0.25, -0.2) is 0 Å². The maximum atomic E-state index is 11.3. The first-order valence-electron chi connectivity index (χ1n) is 4.73. The molecule has 1 aliphatic rings. The summed E-state index contributed by atoms with van der Waals surface area (Å²) in [6.07, 6.45) is 0.0512. The lowest BCUT2D eigenvalue weighted by atomic mass is 9.91. The van der Waals surface area contributed by atoms with Gasteiger partial charge in [-0.1, -0.05) is 0 Å². The molecule has 0 radical (unpaired) electrons. The topological polar surface area (TPSA) is 58.6 Å². The summed E-state index contributed by atoms with van der Waals surface area (Å²) in [6.45, 7) is 4.63. The standard InChI is InChI=1S/C9H17NO3/c1-3-13-9(12)7-4-6(2)10-5-8(7)11/h6-8,10-11H,3-5H2,1-2H3/t6-,7?,8?/m0/s1. The highest BCUT2D eigenvalue weighted by Gasteiger charge is 2.33. The van der Waals surface area contributed by atoms with E-state index in [1.165, 1.54) is 0 Å². The number of rotatable bonds is 2. The highest BCUT2D eigenvalue weighted by Crippen LogP contribution is 2.18. The third-order valence-corrected chi connectivity index (χ3v) is 2.34. The first-order valence-corrected chi connectivity index (χ1v) is 4.73. The molecule has 0 aliphatic carbocycles. The van der Waals surface area contributed by atoms with Crippen LogP contribution in [-0.2, 0) is 9.53 Å². The molecule has 0 aromatic carbocycles. The quantitative estimate of drug-likeness (QED) is 0.593. The van der Waals surface area contributed by atoms with Gasteiger partial charge in [-0.2, -0.15) is 0 Å². The zero-order chi connectivity index (χ0) is 9.84. The molecule has 0 aromatic heterocycles. The molecular formula is C9H17NO3. The van der Waals surface area contributed by atoms with E-state index in [0.29, 0.717) is 19.6 Å². The van der Waals surface area contributed by atoms with Gasteiger partial charge in [0.2, 0.25) is 0 Å². The van der Waals surface area contributed by atoms with E-state index in [2.05, 4.69) is 5.32 Å². The molecule has 0 saturated carbocycles. The SMILES string of the molecule is CCOC(=O)C1C[C@H](C)NCC1O. The van der Waals surface area contributed by atoms with Crippen molar-refractivity contribution in [3.63, 3.8) is 0 Å². The summed E-state index contributed by atoms with van der Waals surface area (Å²) in [6, 6.07) is 0.276. The van der Waals surface area contributed by atoms with Crippen molar-refractivity contribution >= 4 is 5.97 Å². The Morgan fingerprint density at radius 3 is 3.00 bits per heavy atom. The van der Waals surface area contributed by atoms with Gasteiger partial charge in [0.1, 0.15) is 0 Å². The molecule has 0 amide bonds. The lowest BCUT2D eigenvalue weighted by Crippen LogP contribution is -2.48. The number of hydrogen-bond donors (Lipinski definition) is 2. The minimum atomic E-state index is -0.602. The number of β-amino-alcohol motifs (C(OH)–C–C–N with tert-alkyl or cyclic N) is 1. The lowest BCUT2D eigenvalue weighted by molar-refractivity contribution is -0.153. The van der Waals surface area contributed by atoms with Crippen LogP contribution in [0, 0.1) is 5.92 Å². The fourth-order valence-electron chi connectivity index (χ4n) is 1.59. The summed E-state index contributed by atoms with van der Waals surface area (Å²) in [4.78, 5) is 11.3. The molecule has 0 spiro atoms. The number of nitrogens with one attached hydrogen (secondary N) is 1. The van der Waals surface area contributed by atoms with Gasteiger partial charge in [0, 0.05) is 12.6 Å². The Hall–Kier alpha value is -0.610. The monoisotopic (exact) mass is 187 g/mol. The molecule has 76 valence electrons. The molecule has 1 fully saturated rings. The Kier molecular flexibility index (Phi) is 3.69. The Morgan fingerprint density at radius 1 is 1.69 bits per heavy atom. The zero-order valence-corrected chi connectivity index (χ0v) is 8.12. The summed E-state index contributed by atoms with van der Waals surface area (Å²) in [7, 11) is 0. The number of aliphatic hydroxyl groups is 1. The van der Waals surface area contributed by atoms with Crippen LogP contribution in [0.2, 0.25) is 0 Å². The van der Waals surface area contributed by atoms with Gasteiger partial charge >= 0.3 is 5.97 Å². The van der Waals surface area contributed by atoms with Crippen molar-refractivity contribution in [1.29, 1.82) is 0 Å². The number of piperidine rings is 1. The molecule has 2 unspecified atom stereocenters. The molecular weight excluding hydrogens is 170 g/mol. The molecule has 1 aliphatic heterocycles. The Balaban J connectivity index is 2.50. The number of esters is 1. The van der Waals surface area contributed by atoms with Gasteiger partial charge < -0.3 is 15.2 Å². The smallest absolute Gasteiger partial charge is 0.311 e. The van der Waals surface area contributed by atoms with E-state index in [1.807, 2.05) is 6.92 Å². The van der Waals surface area contributed by atoms with E-state index in [0.717, 1.165) is 0 Å². The second-order valence-corrected chi connectivity index (χ2v) is 3.47. The molecule has 13 heavy (non-hydrogen) atoms. The van der Waals surface area contributed by atoms with Crippen molar-refractivity contribution in [3.05, 3.63) is 0 Å². The average Bonchev–Trinajstić information content (AvgIpc) is 2.09. The minimum Gasteiger partial charge on any atom is -0.466 e. The van der Waals surface area contributed by atoms with E-state index < -0.39 is 6.10 Å². The van der Waals surface area contributed by atoms with Crippen LogP contribution >= 0.6 is 0 Å². The van der Waals surface area contributed by atoms with E-state index in [4.69, 9.17) is 4.74 Å². The molecule has 0 aromatic rings. The number of hydrogen-bond acceptors (Lipinski definition) is 4. The van der Waals surface area contributed by atoms with E-state index in [9.17, 15) is 9.90 Å². The van der Waals surface area contributed by atoms with E-state index in [-0.39, 0.29) is 17.9 Å². The van der Waals surface area contributed by atoms with Crippen LogP contribution in [0.3, 0.4) is 0 Å². The van der Waals surface area contributed by atoms with Crippen LogP contribution in [0.4, 0.5) is 0 Å². The predicted octanol–water partition coefficient (Wildman–Crippen LogP) is -0.0916. The first-order chi connectivity index (χ1) is 6.15. The van der Waals surface area contributed by atoms with Crippen LogP contribution in [0.15, 0.2) is 0 Å². The molecule has 2 N–H and O–H groups in total. The molecule has 0 bridgehead atoms. The lowest BCUT2D eigenvalue weighted by Gasteiger charge is -2.30. The van der Waals surface area contributed by atoms with Gasteiger partial charge in [0.25, 0.3) is 0 Å². The summed E-state index contributed by atoms with van der Waals surface area (Å²) >= 11 is 0. The largest absolute Gasteiger partial charge is 0.466 e. The molecule has 1 rings (SSSR count). The van der Waals surface area contributed by atoms with Crippen molar-refractivity contribution in [3.8, 4) is 0 Å². The highest BCUT2D eigenvalue weighted by molar-refractivity contribution is 5.73. The fraction of sp³-hybridized carbons (Fsp3) is 0.889. The van der Waals surface area contributed by atoms with Crippen molar-refractivity contribution in [2.24, 2.45) is 5.92 Å². The van der Waals surface area contributed by atoms with Gasteiger partial charge in [0.05, 0.1) is 18.6 Å². The number of ether oxygens (including phenoxy) is 1. The Morgan fingerprint density at radius 2 is 2.38 bits per heavy atom. The predicted molar refractivity (Wildman–Crippen MR) is 48.2 cm³/mol. The van der Waals surface area contributed by atoms with Crippen molar-refractivity contribution < 1.29 is 14.6 Å². The first kappa shape index (κ1) is 10.5. The minimum absolute atomic E-state index is 0.275. The summed E-state index contributed by atoms with van der Waals surface area (Å²) in [5, 5.41) is 12.6. The number of aliphatic hydroxyl groups excluding tert-OH is 1. The zero-order valence-electron chi connectivity index (χ0n) is 8.12. The summed E-state index contributed by atoms with van der Waals surface area (Å²) in [5.74, 6) is -0.625. The molecule has 1 heterocycles. The van der Waals surface area contributed by atoms with Crippen molar-refractivity contribution in [1.82, 2.24) is 5.32 Å². The van der Waals surface area contributed by atoms with E-state index >= 15 is 0 Å². The van der Waals surface area contributed by atoms with Crippen LogP contribution in [0.5, 0.6) is 0 Å². The van der Waals surface area contributed by atoms with Crippen LogP contribution < -0.4 is 5.32 Å². The van der Waals surface area contributed by atoms with Crippen molar-refractivity contribution in [2.45, 2.75) is 32.4 Å². The highest BCUT2D eigenvalue weighted by atomic mass is 16.5. The van der Waals surface area contributed by atoms with Gasteiger partial charge in [-0.15, -0.1) is 0 Å². The van der Waals surface area contributed by atoms with Gasteiger partial charge in [-0.3, -0.25) is 4.79 Å². The molecule has 4 heteroatoms. The maximum absolute atomic E-state index is 11.3. The van der Waals surface area contributed by atoms with E-state index in [1.54, 1.807) is 6.92 Å². The Bertz CT molecular complexity index is 184. The second kappa shape index (κ2) is 4.58. The van der Waals surface area contributed by atoms with Crippen LogP contribution in [-0.4, -0.2) is 36.4 Å². The van der Waals surface area contributed by atoms with Gasteiger partial charge in [0.15, 0.2) is 0 Å². The van der Waals surface area contributed by atoms with Crippen molar-refractivity contribution in [2.75, 3.05) is 13.2 Å². The number of carbonyl (C=O) groups is 1. The van der Waals surface area contributed by atoms with Crippen LogP contribution in [0.1, 0.15) is 20.3 Å². The third kappa shape index (κ3) is 2.67. The van der Waals surface area contributed by atoms with Crippen LogP contribution in [0.25, 0.3) is 0 Å². The molecule has 4 nitrogen and oxygen atoms in total. The fourth-order valence-corrected chi connectivity index (χ4v) is 1.59.